The van der Waals surface area contributed by atoms with Gasteiger partial charge in [0.15, 0.2) is 5.82 Å². The molecule has 1 heterocycles. The fraction of sp³-hybridized carbons (Fsp3) is 0.286. The van der Waals surface area contributed by atoms with Crippen LogP contribution in [-0.2, 0) is 11.3 Å². The number of nitro groups is 1. The quantitative estimate of drug-likeness (QED) is 0.601. The maximum Gasteiger partial charge on any atom is 0.321 e. The standard InChI is InChI=1S/C14H16N6O4/c1-2-6-15-14(22)17-12(21)8-19-9-16-13(18-19)10-4-3-5-11(7-10)20(23)24/h3-5,7,9H,2,6,8H2,1H3,(H2,15,17,21,22). The molecule has 0 radical (unpaired) electrons. The van der Waals surface area contributed by atoms with Crippen LogP contribution in [0.5, 0.6) is 0 Å². The fourth-order valence-corrected chi connectivity index (χ4v) is 1.86. The molecule has 0 atom stereocenters. The molecule has 24 heavy (non-hydrogen) atoms. The number of nitrogens with one attached hydrogen (secondary N) is 2. The number of imide groups is 1. The van der Waals surface area contributed by atoms with Crippen LogP contribution in [0.4, 0.5) is 10.5 Å². The number of hydrogen-bond donors (Lipinski definition) is 2. The second-order valence-electron chi connectivity index (χ2n) is 4.88. The lowest BCUT2D eigenvalue weighted by Gasteiger charge is -2.05. The first-order valence-electron chi connectivity index (χ1n) is 7.21. The van der Waals surface area contributed by atoms with Gasteiger partial charge in [0.2, 0.25) is 5.91 Å². The van der Waals surface area contributed by atoms with Crippen molar-refractivity contribution in [3.05, 3.63) is 40.7 Å². The number of carbonyl (C=O) groups is 2. The molecule has 10 heteroatoms. The Balaban J connectivity index is 2.00. The molecule has 1 aromatic heterocycles. The first-order chi connectivity index (χ1) is 11.5. The minimum absolute atomic E-state index is 0.0748. The van der Waals surface area contributed by atoms with E-state index in [1.54, 1.807) is 6.07 Å². The third-order valence-electron chi connectivity index (χ3n) is 2.95. The topological polar surface area (TPSA) is 132 Å². The minimum Gasteiger partial charge on any atom is -0.338 e. The summed E-state index contributed by atoms with van der Waals surface area (Å²) in [6, 6.07) is 5.30. The zero-order valence-electron chi connectivity index (χ0n) is 12.9. The number of urea groups is 1. The van der Waals surface area contributed by atoms with Gasteiger partial charge in [-0.2, -0.15) is 5.10 Å². The molecule has 3 amide bonds. The van der Waals surface area contributed by atoms with Crippen LogP contribution >= 0.6 is 0 Å². The van der Waals surface area contributed by atoms with E-state index in [0.29, 0.717) is 12.1 Å². The summed E-state index contributed by atoms with van der Waals surface area (Å²) in [6.07, 6.45) is 2.08. The number of aromatic nitrogens is 3. The van der Waals surface area contributed by atoms with Gasteiger partial charge in [-0.05, 0) is 6.42 Å². The third kappa shape index (κ3) is 4.60. The SMILES string of the molecule is CCCNC(=O)NC(=O)Cn1cnc(-c2cccc([N+](=O)[O-])c2)n1. The number of nitro benzene ring substituents is 1. The van der Waals surface area contributed by atoms with E-state index in [1.165, 1.54) is 29.2 Å². The third-order valence-corrected chi connectivity index (χ3v) is 2.95. The lowest BCUT2D eigenvalue weighted by molar-refractivity contribution is -0.384. The highest BCUT2D eigenvalue weighted by molar-refractivity contribution is 5.94. The predicted molar refractivity (Wildman–Crippen MR) is 83.9 cm³/mol. The molecule has 0 fully saturated rings. The van der Waals surface area contributed by atoms with Crippen LogP contribution in [0.25, 0.3) is 11.4 Å². The Morgan fingerprint density at radius 3 is 2.88 bits per heavy atom. The van der Waals surface area contributed by atoms with E-state index in [4.69, 9.17) is 0 Å². The summed E-state index contributed by atoms with van der Waals surface area (Å²) in [5, 5.41) is 19.5. The van der Waals surface area contributed by atoms with Crippen molar-refractivity contribution in [2.75, 3.05) is 6.54 Å². The lowest BCUT2D eigenvalue weighted by atomic mass is 10.2. The molecule has 0 bridgehead atoms. The van der Waals surface area contributed by atoms with Gasteiger partial charge in [-0.15, -0.1) is 0 Å². The van der Waals surface area contributed by atoms with E-state index in [2.05, 4.69) is 20.7 Å². The highest BCUT2D eigenvalue weighted by Crippen LogP contribution is 2.20. The molecule has 1 aromatic carbocycles. The largest absolute Gasteiger partial charge is 0.338 e. The van der Waals surface area contributed by atoms with E-state index in [0.717, 1.165) is 6.42 Å². The van der Waals surface area contributed by atoms with Crippen molar-refractivity contribution < 1.29 is 14.5 Å². The molecule has 0 saturated carbocycles. The maximum atomic E-state index is 11.7. The summed E-state index contributed by atoms with van der Waals surface area (Å²) < 4.78 is 1.25. The molecule has 0 aliphatic rings. The molecular formula is C14H16N6O4. The molecule has 0 aliphatic carbocycles. The summed E-state index contributed by atoms with van der Waals surface area (Å²) in [4.78, 5) is 37.4. The van der Waals surface area contributed by atoms with Crippen molar-refractivity contribution in [1.82, 2.24) is 25.4 Å². The van der Waals surface area contributed by atoms with Crippen molar-refractivity contribution in [2.24, 2.45) is 0 Å². The maximum absolute atomic E-state index is 11.7. The van der Waals surface area contributed by atoms with Crippen molar-refractivity contribution in [2.45, 2.75) is 19.9 Å². The zero-order chi connectivity index (χ0) is 17.5. The molecule has 126 valence electrons. The Morgan fingerprint density at radius 2 is 2.17 bits per heavy atom. The van der Waals surface area contributed by atoms with E-state index in [9.17, 15) is 19.7 Å². The Morgan fingerprint density at radius 1 is 1.38 bits per heavy atom. The molecule has 0 spiro atoms. The van der Waals surface area contributed by atoms with E-state index in [1.807, 2.05) is 6.92 Å². The van der Waals surface area contributed by atoms with Gasteiger partial charge in [-0.3, -0.25) is 20.2 Å². The lowest BCUT2D eigenvalue weighted by Crippen LogP contribution is -2.41. The van der Waals surface area contributed by atoms with Crippen LogP contribution in [0.3, 0.4) is 0 Å². The second kappa shape index (κ2) is 7.81. The van der Waals surface area contributed by atoms with Crippen LogP contribution in [0.15, 0.2) is 30.6 Å². The normalized spacial score (nSPS) is 10.2. The van der Waals surface area contributed by atoms with Gasteiger partial charge in [0.25, 0.3) is 5.69 Å². The number of nitrogens with zero attached hydrogens (tertiary/aromatic N) is 4. The number of amides is 3. The molecular weight excluding hydrogens is 316 g/mol. The Kier molecular flexibility index (Phi) is 5.55. The average Bonchev–Trinajstić information content (AvgIpc) is 3.01. The van der Waals surface area contributed by atoms with Gasteiger partial charge < -0.3 is 5.32 Å². The molecule has 0 saturated heterocycles. The summed E-state index contributed by atoms with van der Waals surface area (Å²) in [5.41, 5.74) is 0.387. The van der Waals surface area contributed by atoms with Crippen molar-refractivity contribution >= 4 is 17.6 Å². The van der Waals surface area contributed by atoms with Gasteiger partial charge in [-0.25, -0.2) is 14.5 Å². The predicted octanol–water partition coefficient (Wildman–Crippen LogP) is 1.09. The highest BCUT2D eigenvalue weighted by atomic mass is 16.6. The zero-order valence-corrected chi connectivity index (χ0v) is 12.9. The molecule has 0 aliphatic heterocycles. The molecule has 2 rings (SSSR count). The van der Waals surface area contributed by atoms with Crippen LogP contribution in [-0.4, -0.2) is 38.2 Å². The van der Waals surface area contributed by atoms with Crippen molar-refractivity contribution in [3.63, 3.8) is 0 Å². The van der Waals surface area contributed by atoms with Crippen molar-refractivity contribution in [3.8, 4) is 11.4 Å². The number of carbonyl (C=O) groups excluding carboxylic acids is 2. The van der Waals surface area contributed by atoms with Crippen LogP contribution < -0.4 is 10.6 Å². The van der Waals surface area contributed by atoms with E-state index < -0.39 is 16.9 Å². The molecule has 2 aromatic rings. The summed E-state index contributed by atoms with van der Waals surface area (Å²) in [6.45, 7) is 2.17. The van der Waals surface area contributed by atoms with Gasteiger partial charge >= 0.3 is 6.03 Å². The van der Waals surface area contributed by atoms with E-state index >= 15 is 0 Å². The van der Waals surface area contributed by atoms with E-state index in [-0.39, 0.29) is 18.1 Å². The van der Waals surface area contributed by atoms with Crippen LogP contribution in [0.2, 0.25) is 0 Å². The average molecular weight is 332 g/mol. The summed E-state index contributed by atoms with van der Waals surface area (Å²) in [5.74, 6) is -0.291. The van der Waals surface area contributed by atoms with Crippen LogP contribution in [0, 0.1) is 10.1 Å². The number of rotatable bonds is 6. The van der Waals surface area contributed by atoms with Gasteiger partial charge in [0.1, 0.15) is 12.9 Å². The molecule has 10 nitrogen and oxygen atoms in total. The van der Waals surface area contributed by atoms with Crippen LogP contribution in [0.1, 0.15) is 13.3 Å². The minimum atomic E-state index is -0.569. The monoisotopic (exact) mass is 332 g/mol. The Bertz CT molecular complexity index is 757. The fourth-order valence-electron chi connectivity index (χ4n) is 1.86. The molecule has 2 N–H and O–H groups in total. The summed E-state index contributed by atoms with van der Waals surface area (Å²) in [7, 11) is 0. The Hall–Kier alpha value is -3.30. The summed E-state index contributed by atoms with van der Waals surface area (Å²) >= 11 is 0. The van der Waals surface area contributed by atoms with Gasteiger partial charge in [0, 0.05) is 24.2 Å². The van der Waals surface area contributed by atoms with Gasteiger partial charge in [0.05, 0.1) is 4.92 Å². The first kappa shape index (κ1) is 17.1. The Labute approximate surface area is 137 Å². The number of hydrogen-bond acceptors (Lipinski definition) is 6. The molecule has 0 unspecified atom stereocenters. The highest BCUT2D eigenvalue weighted by Gasteiger charge is 2.12. The second-order valence-corrected chi connectivity index (χ2v) is 4.88. The smallest absolute Gasteiger partial charge is 0.321 e. The first-order valence-corrected chi connectivity index (χ1v) is 7.21. The van der Waals surface area contributed by atoms with Gasteiger partial charge in [-0.1, -0.05) is 19.1 Å². The number of benzene rings is 1. The number of non-ortho nitro benzene ring substituents is 1. The van der Waals surface area contributed by atoms with Crippen molar-refractivity contribution in [1.29, 1.82) is 0 Å².